The van der Waals surface area contributed by atoms with Gasteiger partial charge < -0.3 is 9.99 Å². The lowest BCUT2D eigenvalue weighted by molar-refractivity contribution is -0.179. The van der Waals surface area contributed by atoms with Gasteiger partial charge in [0.25, 0.3) is 0 Å². The van der Waals surface area contributed by atoms with E-state index in [0.29, 0.717) is 20.8 Å². The first-order chi connectivity index (χ1) is 6.19. The molecule has 0 atom stereocenters. The van der Waals surface area contributed by atoms with Gasteiger partial charge in [-0.15, -0.1) is 0 Å². The summed E-state index contributed by atoms with van der Waals surface area (Å²) in [6, 6.07) is 3.25. The summed E-state index contributed by atoms with van der Waals surface area (Å²) in [5, 5.41) is 9.52. The summed E-state index contributed by atoms with van der Waals surface area (Å²) in [6.45, 7) is -0.142. The van der Waals surface area contributed by atoms with E-state index in [4.69, 9.17) is 21.6 Å². The maximum Gasteiger partial charge on any atom is 0.173 e. The molecule has 3 nitrogen and oxygen atoms in total. The third-order valence-corrected chi connectivity index (χ3v) is 2.38. The summed E-state index contributed by atoms with van der Waals surface area (Å²) in [4.78, 5) is 9.30. The minimum atomic E-state index is -0.142. The Bertz CT molecular complexity index is 304. The van der Waals surface area contributed by atoms with Gasteiger partial charge in [0, 0.05) is 21.1 Å². The maximum atomic E-state index is 9.01. The molecular formula is C8H8BrClO3. The maximum absolute atomic E-state index is 9.01. The number of rotatable bonds is 3. The van der Waals surface area contributed by atoms with Crippen LogP contribution in [0.2, 0.25) is 5.02 Å². The van der Waals surface area contributed by atoms with Crippen molar-refractivity contribution in [2.24, 2.45) is 0 Å². The highest BCUT2D eigenvalue weighted by atomic mass is 79.9. The molecule has 0 radical (unpaired) electrons. The fourth-order valence-corrected chi connectivity index (χ4v) is 1.80. The molecule has 13 heavy (non-hydrogen) atoms. The van der Waals surface area contributed by atoms with Crippen LogP contribution >= 0.6 is 27.5 Å². The first-order valence-corrected chi connectivity index (χ1v) is 4.65. The molecule has 0 amide bonds. The first kappa shape index (κ1) is 10.8. The van der Waals surface area contributed by atoms with Gasteiger partial charge in [-0.3, -0.25) is 0 Å². The van der Waals surface area contributed by atoms with Crippen LogP contribution in [0.15, 0.2) is 16.6 Å². The van der Waals surface area contributed by atoms with Crippen LogP contribution in [0.4, 0.5) is 0 Å². The molecule has 0 unspecified atom stereocenters. The van der Waals surface area contributed by atoms with E-state index in [9.17, 15) is 0 Å². The highest BCUT2D eigenvalue weighted by molar-refractivity contribution is 9.10. The molecular weight excluding hydrogens is 259 g/mol. The zero-order valence-corrected chi connectivity index (χ0v) is 9.22. The number of aliphatic hydroxyl groups is 1. The van der Waals surface area contributed by atoms with E-state index in [-0.39, 0.29) is 6.61 Å². The fraction of sp³-hybridized carbons (Fsp3) is 0.250. The number of halogens is 2. The van der Waals surface area contributed by atoms with Gasteiger partial charge in [0.2, 0.25) is 0 Å². The van der Waals surface area contributed by atoms with Gasteiger partial charge >= 0.3 is 0 Å². The van der Waals surface area contributed by atoms with Crippen molar-refractivity contribution in [2.45, 2.75) is 6.61 Å². The summed E-state index contributed by atoms with van der Waals surface area (Å²) >= 11 is 9.02. The van der Waals surface area contributed by atoms with Crippen LogP contribution in [0.1, 0.15) is 5.56 Å². The molecule has 0 spiro atoms. The molecule has 0 aliphatic heterocycles. The molecule has 0 aliphatic rings. The summed E-state index contributed by atoms with van der Waals surface area (Å²) in [5.41, 5.74) is 0.603. The highest BCUT2D eigenvalue weighted by Gasteiger charge is 2.09. The molecule has 5 heteroatoms. The van der Waals surface area contributed by atoms with E-state index in [1.54, 1.807) is 12.1 Å². The van der Waals surface area contributed by atoms with Crippen LogP contribution in [-0.2, 0) is 11.5 Å². The van der Waals surface area contributed by atoms with Crippen molar-refractivity contribution >= 4 is 27.5 Å². The smallest absolute Gasteiger partial charge is 0.173 e. The number of hydrogen-bond donors (Lipinski definition) is 1. The lowest BCUT2D eigenvalue weighted by atomic mass is 10.2. The second-order valence-electron chi connectivity index (χ2n) is 2.27. The zero-order chi connectivity index (χ0) is 9.84. The molecule has 0 saturated heterocycles. The fourth-order valence-electron chi connectivity index (χ4n) is 0.897. The Morgan fingerprint density at radius 1 is 1.54 bits per heavy atom. The number of aliphatic hydroxyl groups excluding tert-OH is 1. The van der Waals surface area contributed by atoms with Crippen LogP contribution in [0, 0.1) is 0 Å². The largest absolute Gasteiger partial charge is 0.391 e. The van der Waals surface area contributed by atoms with Gasteiger partial charge in [0.15, 0.2) is 5.75 Å². The topological polar surface area (TPSA) is 38.7 Å². The van der Waals surface area contributed by atoms with Crippen molar-refractivity contribution in [3.8, 4) is 5.75 Å². The Morgan fingerprint density at radius 2 is 2.23 bits per heavy atom. The van der Waals surface area contributed by atoms with Crippen LogP contribution < -0.4 is 4.89 Å². The molecule has 0 saturated carbocycles. The predicted molar refractivity (Wildman–Crippen MR) is 52.7 cm³/mol. The van der Waals surface area contributed by atoms with Crippen molar-refractivity contribution < 1.29 is 14.9 Å². The average Bonchev–Trinajstić information content (AvgIpc) is 2.04. The molecule has 0 heterocycles. The van der Waals surface area contributed by atoms with Gasteiger partial charge in [-0.1, -0.05) is 27.5 Å². The van der Waals surface area contributed by atoms with Crippen LogP contribution in [-0.4, -0.2) is 12.2 Å². The van der Waals surface area contributed by atoms with Gasteiger partial charge in [0.05, 0.1) is 13.7 Å². The predicted octanol–water partition coefficient (Wildman–Crippen LogP) is 2.54. The quantitative estimate of drug-likeness (QED) is 0.676. The summed E-state index contributed by atoms with van der Waals surface area (Å²) < 4.78 is 0.689. The Kier molecular flexibility index (Phi) is 3.99. The van der Waals surface area contributed by atoms with Crippen molar-refractivity contribution in [1.29, 1.82) is 0 Å². The Hall–Kier alpha value is -0.290. The van der Waals surface area contributed by atoms with Gasteiger partial charge in [0.1, 0.15) is 0 Å². The van der Waals surface area contributed by atoms with Gasteiger partial charge in [-0.25, -0.2) is 0 Å². The second kappa shape index (κ2) is 4.81. The molecule has 0 aliphatic carbocycles. The number of hydrogen-bond acceptors (Lipinski definition) is 3. The van der Waals surface area contributed by atoms with Crippen molar-refractivity contribution in [1.82, 2.24) is 0 Å². The van der Waals surface area contributed by atoms with E-state index in [2.05, 4.69) is 20.8 Å². The minimum absolute atomic E-state index is 0.142. The molecule has 1 rings (SSSR count). The summed E-state index contributed by atoms with van der Waals surface area (Å²) in [7, 11) is 1.38. The third kappa shape index (κ3) is 2.57. The van der Waals surface area contributed by atoms with Crippen molar-refractivity contribution in [3.05, 3.63) is 27.2 Å². The van der Waals surface area contributed by atoms with E-state index in [1.807, 2.05) is 0 Å². The lowest BCUT2D eigenvalue weighted by Gasteiger charge is -2.08. The third-order valence-electron chi connectivity index (χ3n) is 1.45. The van der Waals surface area contributed by atoms with Gasteiger partial charge in [-0.2, -0.15) is 4.89 Å². The summed E-state index contributed by atoms with van der Waals surface area (Å²) in [6.07, 6.45) is 0. The normalized spacial score (nSPS) is 10.2. The first-order valence-electron chi connectivity index (χ1n) is 3.48. The Labute approximate surface area is 89.3 Å². The molecule has 1 aromatic rings. The van der Waals surface area contributed by atoms with Crippen LogP contribution in [0.3, 0.4) is 0 Å². The average molecular weight is 268 g/mol. The zero-order valence-electron chi connectivity index (χ0n) is 6.88. The van der Waals surface area contributed by atoms with E-state index < -0.39 is 0 Å². The van der Waals surface area contributed by atoms with Gasteiger partial charge in [-0.05, 0) is 6.07 Å². The van der Waals surface area contributed by atoms with Crippen LogP contribution in [0.25, 0.3) is 0 Å². The van der Waals surface area contributed by atoms with E-state index in [1.165, 1.54) is 7.11 Å². The monoisotopic (exact) mass is 266 g/mol. The SMILES string of the molecule is COOc1cc(Cl)cc(Br)c1CO. The molecule has 1 aromatic carbocycles. The Balaban J connectivity index is 3.13. The molecule has 0 aromatic heterocycles. The minimum Gasteiger partial charge on any atom is -0.391 e. The van der Waals surface area contributed by atoms with Crippen LogP contribution in [0.5, 0.6) is 5.75 Å². The molecule has 0 bridgehead atoms. The number of benzene rings is 1. The lowest BCUT2D eigenvalue weighted by Crippen LogP contribution is -1.97. The van der Waals surface area contributed by atoms with E-state index in [0.717, 1.165) is 0 Å². The highest BCUT2D eigenvalue weighted by Crippen LogP contribution is 2.31. The van der Waals surface area contributed by atoms with Crippen molar-refractivity contribution in [2.75, 3.05) is 7.11 Å². The molecule has 72 valence electrons. The van der Waals surface area contributed by atoms with E-state index >= 15 is 0 Å². The Morgan fingerprint density at radius 3 is 2.77 bits per heavy atom. The van der Waals surface area contributed by atoms with Crippen molar-refractivity contribution in [3.63, 3.8) is 0 Å². The standard InChI is InChI=1S/C8H8BrClO3/c1-12-13-8-3-5(10)2-7(9)6(8)4-11/h2-3,11H,4H2,1H3. The summed E-state index contributed by atoms with van der Waals surface area (Å²) in [5.74, 6) is 0.407. The molecule has 0 fully saturated rings. The second-order valence-corrected chi connectivity index (χ2v) is 3.56. The molecule has 1 N–H and O–H groups in total.